The Labute approximate surface area is 156 Å². The molecule has 2 aliphatic rings. The fraction of sp³-hybridized carbons (Fsp3) is 0.421. The van der Waals surface area contributed by atoms with Gasteiger partial charge >= 0.3 is 6.18 Å². The third-order valence-electron chi connectivity index (χ3n) is 4.97. The first-order chi connectivity index (χ1) is 12.6. The van der Waals surface area contributed by atoms with E-state index in [2.05, 4.69) is 15.8 Å². The van der Waals surface area contributed by atoms with Crippen molar-refractivity contribution in [3.63, 3.8) is 0 Å². The highest BCUT2D eigenvalue weighted by Crippen LogP contribution is 2.35. The number of halogens is 3. The molecule has 1 aliphatic carbocycles. The van der Waals surface area contributed by atoms with Crippen molar-refractivity contribution in [3.05, 3.63) is 58.7 Å². The fourth-order valence-corrected chi connectivity index (χ4v) is 4.66. The molecule has 4 nitrogen and oxygen atoms in total. The van der Waals surface area contributed by atoms with E-state index in [0.29, 0.717) is 17.6 Å². The van der Waals surface area contributed by atoms with Crippen molar-refractivity contribution in [1.29, 1.82) is 0 Å². The molecule has 2 atom stereocenters. The van der Waals surface area contributed by atoms with Gasteiger partial charge in [-0.3, -0.25) is 4.99 Å². The van der Waals surface area contributed by atoms with Gasteiger partial charge in [0.2, 0.25) is 0 Å². The number of hydrogen-bond acceptors (Lipinski definition) is 3. The zero-order valence-electron chi connectivity index (χ0n) is 15.0. The second-order valence-electron chi connectivity index (χ2n) is 6.94. The monoisotopic (exact) mass is 398 g/mol. The molecule has 0 bridgehead atoms. The summed E-state index contributed by atoms with van der Waals surface area (Å²) in [5, 5.41) is 0.0385. The van der Waals surface area contributed by atoms with Crippen molar-refractivity contribution in [2.75, 3.05) is 0 Å². The van der Waals surface area contributed by atoms with Gasteiger partial charge in [-0.25, -0.2) is 13.1 Å². The summed E-state index contributed by atoms with van der Waals surface area (Å²) in [6.45, 7) is 3.71. The molecular formula is C19H21F3N2O2S. The Hall–Kier alpha value is -1.93. The predicted octanol–water partition coefficient (Wildman–Crippen LogP) is 4.21. The van der Waals surface area contributed by atoms with Crippen LogP contribution in [0.4, 0.5) is 13.2 Å². The lowest BCUT2D eigenvalue weighted by atomic mass is 9.93. The van der Waals surface area contributed by atoms with E-state index < -0.39 is 21.8 Å². The summed E-state index contributed by atoms with van der Waals surface area (Å²) in [5.74, 6) is 0.219. The van der Waals surface area contributed by atoms with Crippen molar-refractivity contribution in [3.8, 4) is 0 Å². The van der Waals surface area contributed by atoms with E-state index in [1.807, 2.05) is 13.0 Å². The Bertz CT molecular complexity index is 913. The predicted molar refractivity (Wildman–Crippen MR) is 98.7 cm³/mol. The van der Waals surface area contributed by atoms with E-state index >= 15 is 0 Å². The first-order valence-corrected chi connectivity index (χ1v) is 10.2. The minimum Gasteiger partial charge on any atom is -0.264 e. The SMILES string of the molecule is CC1=C2CC=CCC(C)C2N=C1S(=O)(=O)NCc1ccc(C(F)(F)F)cc1. The van der Waals surface area contributed by atoms with Crippen LogP contribution < -0.4 is 4.72 Å². The van der Waals surface area contributed by atoms with Gasteiger partial charge in [0.05, 0.1) is 11.6 Å². The van der Waals surface area contributed by atoms with E-state index in [-0.39, 0.29) is 23.5 Å². The van der Waals surface area contributed by atoms with Crippen LogP contribution in [0.3, 0.4) is 0 Å². The highest BCUT2D eigenvalue weighted by molar-refractivity contribution is 8.05. The van der Waals surface area contributed by atoms with E-state index in [1.54, 1.807) is 6.92 Å². The summed E-state index contributed by atoms with van der Waals surface area (Å²) in [4.78, 5) is 4.47. The first kappa shape index (κ1) is 19.8. The van der Waals surface area contributed by atoms with E-state index in [9.17, 15) is 21.6 Å². The Morgan fingerprint density at radius 3 is 2.48 bits per heavy atom. The van der Waals surface area contributed by atoms with Gasteiger partial charge in [-0.2, -0.15) is 13.2 Å². The fourth-order valence-electron chi connectivity index (χ4n) is 3.38. The third kappa shape index (κ3) is 4.16. The Kier molecular flexibility index (Phi) is 5.31. The molecule has 0 fully saturated rings. The number of hydrogen-bond donors (Lipinski definition) is 1. The van der Waals surface area contributed by atoms with Crippen LogP contribution in [0.5, 0.6) is 0 Å². The standard InChI is InChI=1S/C19H21F3N2O2S/c1-12-5-3-4-6-16-13(2)18(24-17(12)16)27(25,26)23-11-14-7-9-15(10-8-14)19(20,21)22/h3-4,7-10,12,17,23H,5-6,11H2,1-2H3. The summed E-state index contributed by atoms with van der Waals surface area (Å²) < 4.78 is 65.7. The van der Waals surface area contributed by atoms with Gasteiger partial charge in [0.15, 0.2) is 5.04 Å². The lowest BCUT2D eigenvalue weighted by Crippen LogP contribution is -2.30. The molecule has 8 heteroatoms. The van der Waals surface area contributed by atoms with Crippen LogP contribution >= 0.6 is 0 Å². The number of nitrogens with zero attached hydrogens (tertiary/aromatic N) is 1. The summed E-state index contributed by atoms with van der Waals surface area (Å²) in [5.41, 5.74) is 1.36. The summed E-state index contributed by atoms with van der Waals surface area (Å²) in [6, 6.07) is 4.28. The quantitative estimate of drug-likeness (QED) is 0.776. The van der Waals surface area contributed by atoms with Crippen molar-refractivity contribution < 1.29 is 21.6 Å². The molecule has 1 aromatic carbocycles. The molecule has 0 saturated carbocycles. The summed E-state index contributed by atoms with van der Waals surface area (Å²) in [6.07, 6.45) is 1.24. The molecule has 1 heterocycles. The molecular weight excluding hydrogens is 377 g/mol. The summed E-state index contributed by atoms with van der Waals surface area (Å²) >= 11 is 0. The number of benzene rings is 1. The number of nitrogens with one attached hydrogen (secondary N) is 1. The number of sulfonamides is 1. The van der Waals surface area contributed by atoms with Crippen molar-refractivity contribution >= 4 is 15.1 Å². The normalized spacial score (nSPS) is 23.2. The molecule has 3 rings (SSSR count). The molecule has 1 aromatic rings. The van der Waals surface area contributed by atoms with Gasteiger partial charge in [-0.15, -0.1) is 0 Å². The maximum absolute atomic E-state index is 12.7. The molecule has 2 unspecified atom stereocenters. The third-order valence-corrected chi connectivity index (χ3v) is 6.41. The van der Waals surface area contributed by atoms with Gasteiger partial charge in [0, 0.05) is 6.54 Å². The number of aliphatic imine (C=N–C) groups is 1. The van der Waals surface area contributed by atoms with E-state index in [4.69, 9.17) is 0 Å². The lowest BCUT2D eigenvalue weighted by molar-refractivity contribution is -0.137. The van der Waals surface area contributed by atoms with Gasteiger partial charge < -0.3 is 0 Å². The highest BCUT2D eigenvalue weighted by atomic mass is 32.2. The summed E-state index contributed by atoms with van der Waals surface area (Å²) in [7, 11) is -3.84. The molecule has 1 aliphatic heterocycles. The number of rotatable bonds is 3. The molecule has 0 spiro atoms. The lowest BCUT2D eigenvalue weighted by Gasteiger charge is -2.16. The molecule has 146 valence electrons. The minimum atomic E-state index is -4.42. The van der Waals surface area contributed by atoms with Crippen molar-refractivity contribution in [2.45, 2.75) is 45.5 Å². The molecule has 1 N–H and O–H groups in total. The number of alkyl halides is 3. The maximum atomic E-state index is 12.7. The Balaban J connectivity index is 1.76. The van der Waals surface area contributed by atoms with Crippen LogP contribution in [-0.4, -0.2) is 19.5 Å². The Morgan fingerprint density at radius 2 is 1.85 bits per heavy atom. The van der Waals surface area contributed by atoms with Crippen LogP contribution in [0, 0.1) is 5.92 Å². The molecule has 0 aromatic heterocycles. The highest BCUT2D eigenvalue weighted by Gasteiger charge is 2.35. The average molecular weight is 398 g/mol. The number of allylic oxidation sites excluding steroid dienone is 2. The van der Waals surface area contributed by atoms with Crippen LogP contribution in [0.1, 0.15) is 37.8 Å². The zero-order valence-corrected chi connectivity index (χ0v) is 15.9. The van der Waals surface area contributed by atoms with Gasteiger partial charge in [-0.05, 0) is 54.5 Å². The second-order valence-corrected chi connectivity index (χ2v) is 8.62. The maximum Gasteiger partial charge on any atom is 0.416 e. The zero-order chi connectivity index (χ0) is 19.8. The smallest absolute Gasteiger partial charge is 0.264 e. The Morgan fingerprint density at radius 1 is 1.19 bits per heavy atom. The van der Waals surface area contributed by atoms with Crippen LogP contribution in [0.15, 0.2) is 52.6 Å². The topological polar surface area (TPSA) is 58.5 Å². The van der Waals surface area contributed by atoms with E-state index in [1.165, 1.54) is 12.1 Å². The molecule has 0 radical (unpaired) electrons. The first-order valence-electron chi connectivity index (χ1n) is 8.68. The molecule has 27 heavy (non-hydrogen) atoms. The molecule has 0 amide bonds. The van der Waals surface area contributed by atoms with Crippen LogP contribution in [0.25, 0.3) is 0 Å². The van der Waals surface area contributed by atoms with Gasteiger partial charge in [-0.1, -0.05) is 31.2 Å². The number of fused-ring (bicyclic) bond motifs is 1. The minimum absolute atomic E-state index is 0.0385. The molecule has 0 saturated heterocycles. The van der Waals surface area contributed by atoms with E-state index in [0.717, 1.165) is 24.1 Å². The van der Waals surface area contributed by atoms with Crippen LogP contribution in [-0.2, 0) is 22.7 Å². The van der Waals surface area contributed by atoms with Gasteiger partial charge in [0.1, 0.15) is 0 Å². The van der Waals surface area contributed by atoms with Crippen LogP contribution in [0.2, 0.25) is 0 Å². The van der Waals surface area contributed by atoms with Gasteiger partial charge in [0.25, 0.3) is 10.0 Å². The van der Waals surface area contributed by atoms with Crippen molar-refractivity contribution in [1.82, 2.24) is 4.72 Å². The second kappa shape index (κ2) is 7.24. The van der Waals surface area contributed by atoms with Crippen molar-refractivity contribution in [2.24, 2.45) is 10.9 Å². The average Bonchev–Trinajstić information content (AvgIpc) is 2.82. The largest absolute Gasteiger partial charge is 0.416 e.